The number of halogens is 1. The number of rotatable bonds is 9. The molecule has 1 aromatic carbocycles. The molecule has 0 amide bonds. The number of aromatic amines is 1. The highest BCUT2D eigenvalue weighted by Gasteiger charge is 2.55. The van der Waals surface area contributed by atoms with Gasteiger partial charge in [-0.2, -0.15) is 0 Å². The standard InChI is InChI=1S/C21H25FN3O9P/c1-4-12(18(28)31-3)24-35(30)34-14-8-6-5-7-13(14)32-11-15-17(27)21(2,22)19(33-15)25-10-9-16(26)23-20(25)29/h5-10,12,15,17,19,27H,4,11H2,1-3H3,(H,23,26,29)/t12-,15+,17+,19+,21+/m0/s1. The van der Waals surface area contributed by atoms with Gasteiger partial charge in [0.1, 0.15) is 18.8 Å². The number of para-hydroxylation sites is 2. The zero-order valence-electron chi connectivity index (χ0n) is 19.1. The van der Waals surface area contributed by atoms with Crippen molar-refractivity contribution in [2.24, 2.45) is 4.74 Å². The minimum absolute atomic E-state index is 0.0287. The Hall–Kier alpha value is -3.12. The summed E-state index contributed by atoms with van der Waals surface area (Å²) in [6, 6.07) is 6.18. The van der Waals surface area contributed by atoms with Crippen molar-refractivity contribution in [1.82, 2.24) is 9.55 Å². The molecule has 0 radical (unpaired) electrons. The average molecular weight is 513 g/mol. The normalized spacial score (nSPS) is 25.2. The van der Waals surface area contributed by atoms with Gasteiger partial charge in [-0.3, -0.25) is 18.9 Å². The van der Waals surface area contributed by atoms with Gasteiger partial charge < -0.3 is 24.2 Å². The molecule has 1 aliphatic heterocycles. The average Bonchev–Trinajstić information content (AvgIpc) is 3.05. The molecule has 1 aromatic heterocycles. The summed E-state index contributed by atoms with van der Waals surface area (Å²) in [5.41, 5.74) is -3.95. The van der Waals surface area contributed by atoms with E-state index < -0.39 is 55.5 Å². The molecule has 2 aromatic rings. The molecule has 3 rings (SSSR count). The number of aliphatic hydroxyl groups is 1. The molecule has 14 heteroatoms. The third-order valence-electron chi connectivity index (χ3n) is 5.34. The molecule has 1 aliphatic rings. The lowest BCUT2D eigenvalue weighted by molar-refractivity contribution is -0.169. The molecule has 12 nitrogen and oxygen atoms in total. The second-order valence-corrected chi connectivity index (χ2v) is 8.68. The van der Waals surface area contributed by atoms with Crippen LogP contribution in [-0.2, 0) is 14.3 Å². The first-order chi connectivity index (χ1) is 16.6. The minimum Gasteiger partial charge on any atom is -0.575 e. The fraction of sp³-hybridized carbons (Fsp3) is 0.476. The van der Waals surface area contributed by atoms with Crippen LogP contribution in [0.25, 0.3) is 0 Å². The number of H-pyrrole nitrogens is 1. The Morgan fingerprint density at radius 3 is 2.69 bits per heavy atom. The van der Waals surface area contributed by atoms with Crippen LogP contribution in [0, 0.1) is 0 Å². The third kappa shape index (κ3) is 5.93. The number of aliphatic hydroxyl groups excluding tert-OH is 1. The molecule has 0 bridgehead atoms. The topological polar surface area (TPSA) is 164 Å². The molecule has 0 spiro atoms. The Bertz CT molecular complexity index is 1200. The quantitative estimate of drug-likeness (QED) is 0.364. The van der Waals surface area contributed by atoms with Gasteiger partial charge in [0.15, 0.2) is 23.7 Å². The Morgan fingerprint density at radius 2 is 2.06 bits per heavy atom. The van der Waals surface area contributed by atoms with E-state index in [9.17, 15) is 24.4 Å². The smallest absolute Gasteiger partial charge is 0.395 e. The van der Waals surface area contributed by atoms with E-state index >= 15 is 4.39 Å². The Balaban J connectivity index is 1.74. The van der Waals surface area contributed by atoms with E-state index in [0.717, 1.165) is 23.8 Å². The highest BCUT2D eigenvalue weighted by atomic mass is 31.1. The second kappa shape index (κ2) is 11.1. The highest BCUT2D eigenvalue weighted by molar-refractivity contribution is 7.34. The molecule has 1 fully saturated rings. The fourth-order valence-electron chi connectivity index (χ4n) is 3.43. The number of benzene rings is 1. The summed E-state index contributed by atoms with van der Waals surface area (Å²) in [6.45, 7) is 2.38. The number of nitrogens with one attached hydrogen (secondary N) is 1. The van der Waals surface area contributed by atoms with E-state index in [1.807, 2.05) is 4.98 Å². The summed E-state index contributed by atoms with van der Waals surface area (Å²) in [5, 5.41) is 10.5. The lowest BCUT2D eigenvalue weighted by Crippen LogP contribution is -2.43. The number of methoxy groups -OCH3 is 1. The van der Waals surface area contributed by atoms with E-state index in [1.165, 1.54) is 19.2 Å². The Labute approximate surface area is 199 Å². The molecule has 1 saturated heterocycles. The first-order valence-corrected chi connectivity index (χ1v) is 11.7. The number of carbonyl (C=O) groups is 1. The minimum atomic E-state index is -2.66. The highest BCUT2D eigenvalue weighted by Crippen LogP contribution is 2.41. The predicted octanol–water partition coefficient (Wildman–Crippen LogP) is 0.788. The number of carbonyl (C=O) groups excluding carboxylic acids is 1. The van der Waals surface area contributed by atoms with E-state index in [0.29, 0.717) is 0 Å². The summed E-state index contributed by atoms with van der Waals surface area (Å²) in [4.78, 5) is 49.4. The monoisotopic (exact) mass is 513 g/mol. The molecule has 0 aliphatic carbocycles. The van der Waals surface area contributed by atoms with Crippen molar-refractivity contribution < 1.29 is 37.9 Å². The molecule has 6 atom stereocenters. The number of alkyl halides is 1. The van der Waals surface area contributed by atoms with Crippen molar-refractivity contribution in [3.63, 3.8) is 0 Å². The summed E-state index contributed by atoms with van der Waals surface area (Å²) in [6.07, 6.45) is -3.09. The van der Waals surface area contributed by atoms with Crippen LogP contribution in [0.5, 0.6) is 11.5 Å². The van der Waals surface area contributed by atoms with Crippen LogP contribution in [0.1, 0.15) is 26.5 Å². The van der Waals surface area contributed by atoms with Gasteiger partial charge in [-0.05, 0) is 25.5 Å². The lowest BCUT2D eigenvalue weighted by atomic mass is 9.98. The van der Waals surface area contributed by atoms with Crippen LogP contribution in [0.3, 0.4) is 0 Å². The first-order valence-electron chi connectivity index (χ1n) is 10.6. The van der Waals surface area contributed by atoms with Crippen LogP contribution in [0.4, 0.5) is 4.39 Å². The number of hydrogen-bond acceptors (Lipinski definition) is 10. The Kier molecular flexibility index (Phi) is 8.39. The van der Waals surface area contributed by atoms with Crippen molar-refractivity contribution in [3.05, 3.63) is 57.4 Å². The number of nitrogens with zero attached hydrogens (tertiary/aromatic N) is 2. The van der Waals surface area contributed by atoms with E-state index in [-0.39, 0.29) is 24.5 Å². The molecular formula is C21H25FN3O9P. The number of ether oxygens (including phenoxy) is 3. The van der Waals surface area contributed by atoms with Gasteiger partial charge in [-0.15, -0.1) is 0 Å². The van der Waals surface area contributed by atoms with E-state index in [2.05, 4.69) is 9.48 Å². The largest absolute Gasteiger partial charge is 0.575 e. The van der Waals surface area contributed by atoms with Crippen LogP contribution < -0.4 is 25.4 Å². The maximum absolute atomic E-state index is 15.3. The fourth-order valence-corrected chi connectivity index (χ4v) is 4.28. The van der Waals surface area contributed by atoms with Gasteiger partial charge in [-0.25, -0.2) is 14.0 Å². The van der Waals surface area contributed by atoms with Crippen LogP contribution in [0.15, 0.2) is 50.9 Å². The second-order valence-electron chi connectivity index (χ2n) is 7.79. The van der Waals surface area contributed by atoms with Gasteiger partial charge in [0, 0.05) is 12.3 Å². The maximum atomic E-state index is 15.3. The van der Waals surface area contributed by atoms with Crippen LogP contribution in [0.2, 0.25) is 0 Å². The van der Waals surface area contributed by atoms with Crippen molar-refractivity contribution >= 4 is 14.1 Å². The molecule has 0 saturated carbocycles. The van der Waals surface area contributed by atoms with Crippen LogP contribution >= 0.6 is 8.17 Å². The van der Waals surface area contributed by atoms with Crippen molar-refractivity contribution in [3.8, 4) is 11.5 Å². The molecular weight excluding hydrogens is 488 g/mol. The number of hydrogen-bond donors (Lipinski definition) is 2. The molecule has 190 valence electrons. The summed E-state index contributed by atoms with van der Waals surface area (Å²) < 4.78 is 41.1. The number of aromatic nitrogens is 2. The molecule has 2 heterocycles. The zero-order chi connectivity index (χ0) is 25.8. The Morgan fingerprint density at radius 1 is 1.37 bits per heavy atom. The summed E-state index contributed by atoms with van der Waals surface area (Å²) in [7, 11) is -1.47. The summed E-state index contributed by atoms with van der Waals surface area (Å²) >= 11 is 0. The third-order valence-corrected chi connectivity index (χ3v) is 6.16. The number of esters is 1. The zero-order valence-corrected chi connectivity index (χ0v) is 20.0. The van der Waals surface area contributed by atoms with E-state index in [4.69, 9.17) is 14.0 Å². The first kappa shape index (κ1) is 26.5. The SMILES string of the molecule is CC[C@H](/N=[P+](\[O-])Oc1ccccc1OC[C@H]1O[C@@H](n2ccc(=O)[nH]c2=O)[C@](C)(F)[C@@H]1O)C(=O)OC. The van der Waals surface area contributed by atoms with Crippen molar-refractivity contribution in [2.75, 3.05) is 13.7 Å². The maximum Gasteiger partial charge on any atom is 0.395 e. The molecule has 2 N–H and O–H groups in total. The molecule has 1 unspecified atom stereocenters. The van der Waals surface area contributed by atoms with E-state index in [1.54, 1.807) is 19.1 Å². The predicted molar refractivity (Wildman–Crippen MR) is 119 cm³/mol. The van der Waals surface area contributed by atoms with Crippen molar-refractivity contribution in [1.29, 1.82) is 0 Å². The van der Waals surface area contributed by atoms with Gasteiger partial charge >= 0.3 is 19.8 Å². The van der Waals surface area contributed by atoms with Crippen LogP contribution in [-0.4, -0.2) is 58.3 Å². The van der Waals surface area contributed by atoms with Gasteiger partial charge in [-0.1, -0.05) is 23.8 Å². The van der Waals surface area contributed by atoms with Gasteiger partial charge in [0.25, 0.3) is 5.56 Å². The van der Waals surface area contributed by atoms with Gasteiger partial charge in [0.2, 0.25) is 5.75 Å². The lowest BCUT2D eigenvalue weighted by Gasteiger charge is -2.24. The van der Waals surface area contributed by atoms with Gasteiger partial charge in [0.05, 0.1) is 7.11 Å². The van der Waals surface area contributed by atoms with Crippen molar-refractivity contribution in [2.45, 2.75) is 50.4 Å². The molecule has 35 heavy (non-hydrogen) atoms. The summed E-state index contributed by atoms with van der Waals surface area (Å²) in [5.74, 6) is -0.527.